The number of allylic oxidation sites excluding steroid dienone is 1. The van der Waals surface area contributed by atoms with Crippen LogP contribution in [0.2, 0.25) is 0 Å². The third kappa shape index (κ3) is 1.79. The van der Waals surface area contributed by atoms with E-state index in [2.05, 4.69) is 13.8 Å². The van der Waals surface area contributed by atoms with Gasteiger partial charge >= 0.3 is 0 Å². The Balaban J connectivity index is 1.82. The highest BCUT2D eigenvalue weighted by Gasteiger charge is 2.71. The molecular weight excluding hydrogens is 324 g/mol. The molecule has 3 fully saturated rings. The average Bonchev–Trinajstić information content (AvgIpc) is 2.72. The van der Waals surface area contributed by atoms with E-state index in [9.17, 15) is 15.0 Å². The molecule has 2 N–H and O–H groups in total. The van der Waals surface area contributed by atoms with Gasteiger partial charge in [0.05, 0.1) is 16.6 Å². The summed E-state index contributed by atoms with van der Waals surface area (Å²) in [5.41, 5.74) is -0.202. The third-order valence-corrected chi connectivity index (χ3v) is 9.55. The molecule has 7 atom stereocenters. The van der Waals surface area contributed by atoms with Gasteiger partial charge in [0, 0.05) is 17.3 Å². The maximum absolute atomic E-state index is 11.9. The van der Waals surface area contributed by atoms with Gasteiger partial charge in [-0.25, -0.2) is 0 Å². The standard InChI is InChI=1S/C20H29ClO3/c1-17-8-6-13(22)10-12(17)4-5-15-14-7-9-19(3,24)18(14,2)11-16(23)20(15,17)21/h10,14-16,23-24H,4-9,11H2,1-3H3/t14-,15-,16-,17-,18-,19+,20-/m0/s1. The van der Waals surface area contributed by atoms with Crippen LogP contribution >= 0.6 is 11.6 Å². The quantitative estimate of drug-likeness (QED) is 0.655. The smallest absolute Gasteiger partial charge is 0.155 e. The summed E-state index contributed by atoms with van der Waals surface area (Å²) in [4.78, 5) is 11.2. The van der Waals surface area contributed by atoms with Gasteiger partial charge in [-0.2, -0.15) is 0 Å². The number of fused-ring (bicyclic) bond motifs is 5. The first-order valence-electron chi connectivity index (χ1n) is 9.39. The molecule has 0 unspecified atom stereocenters. The molecule has 0 saturated heterocycles. The number of alkyl halides is 1. The van der Waals surface area contributed by atoms with Crippen LogP contribution in [0.5, 0.6) is 0 Å². The van der Waals surface area contributed by atoms with E-state index in [1.165, 1.54) is 0 Å². The van der Waals surface area contributed by atoms with Crippen LogP contribution in [0, 0.1) is 22.7 Å². The van der Waals surface area contributed by atoms with E-state index in [1.54, 1.807) is 6.08 Å². The van der Waals surface area contributed by atoms with Crippen molar-refractivity contribution in [3.63, 3.8) is 0 Å². The molecule has 0 aliphatic heterocycles. The molecular formula is C20H29ClO3. The number of hydrogen-bond donors (Lipinski definition) is 2. The van der Waals surface area contributed by atoms with Gasteiger partial charge in [0.15, 0.2) is 5.78 Å². The summed E-state index contributed by atoms with van der Waals surface area (Å²) in [5, 5.41) is 22.2. The highest BCUT2D eigenvalue weighted by molar-refractivity contribution is 6.26. The molecule has 0 aromatic heterocycles. The second-order valence-electron chi connectivity index (χ2n) is 9.44. The van der Waals surface area contributed by atoms with Gasteiger partial charge in [-0.15, -0.1) is 11.6 Å². The first kappa shape index (κ1) is 17.1. The van der Waals surface area contributed by atoms with E-state index in [-0.39, 0.29) is 22.5 Å². The van der Waals surface area contributed by atoms with Crippen LogP contribution in [0.25, 0.3) is 0 Å². The minimum Gasteiger partial charge on any atom is -0.391 e. The van der Waals surface area contributed by atoms with Crippen LogP contribution < -0.4 is 0 Å². The molecule has 4 aliphatic rings. The van der Waals surface area contributed by atoms with Crippen molar-refractivity contribution in [2.24, 2.45) is 22.7 Å². The first-order chi connectivity index (χ1) is 11.1. The van der Waals surface area contributed by atoms with Gasteiger partial charge in [0.1, 0.15) is 0 Å². The molecule has 0 amide bonds. The SMILES string of the molecule is C[C@]12CCC(=O)C=C1CC[C@H]1[C@@H]3CC[C@@](C)(O)[C@@]3(C)C[C@H](O)[C@@]12Cl. The van der Waals surface area contributed by atoms with Crippen LogP contribution in [-0.2, 0) is 4.79 Å². The molecule has 134 valence electrons. The van der Waals surface area contributed by atoms with Gasteiger partial charge < -0.3 is 10.2 Å². The maximum atomic E-state index is 11.9. The fraction of sp³-hybridized carbons (Fsp3) is 0.850. The maximum Gasteiger partial charge on any atom is 0.155 e. The van der Waals surface area contributed by atoms with E-state index < -0.39 is 16.6 Å². The lowest BCUT2D eigenvalue weighted by Crippen LogP contribution is -2.67. The lowest BCUT2D eigenvalue weighted by molar-refractivity contribution is -0.154. The van der Waals surface area contributed by atoms with Gasteiger partial charge in [0.25, 0.3) is 0 Å². The predicted octanol–water partition coefficient (Wildman–Crippen LogP) is 3.60. The number of aliphatic hydroxyl groups is 2. The fourth-order valence-corrected chi connectivity index (χ4v) is 7.35. The molecule has 3 nitrogen and oxygen atoms in total. The van der Waals surface area contributed by atoms with Crippen LogP contribution in [0.4, 0.5) is 0 Å². The Bertz CT molecular complexity index is 626. The first-order valence-corrected chi connectivity index (χ1v) is 9.77. The highest BCUT2D eigenvalue weighted by atomic mass is 35.5. The molecule has 24 heavy (non-hydrogen) atoms. The summed E-state index contributed by atoms with van der Waals surface area (Å²) < 4.78 is 0. The Labute approximate surface area is 149 Å². The zero-order valence-electron chi connectivity index (χ0n) is 14.9. The van der Waals surface area contributed by atoms with Crippen molar-refractivity contribution < 1.29 is 15.0 Å². The number of carbonyl (C=O) groups is 1. The van der Waals surface area contributed by atoms with Crippen molar-refractivity contribution in [3.8, 4) is 0 Å². The number of halogens is 1. The van der Waals surface area contributed by atoms with Crippen LogP contribution in [0.1, 0.15) is 65.7 Å². The number of aliphatic hydroxyl groups excluding tert-OH is 1. The van der Waals surface area contributed by atoms with Crippen LogP contribution in [0.3, 0.4) is 0 Å². The molecule has 4 rings (SSSR count). The predicted molar refractivity (Wildman–Crippen MR) is 93.8 cm³/mol. The molecule has 0 bridgehead atoms. The molecule has 0 heterocycles. The van der Waals surface area contributed by atoms with Gasteiger partial charge in [-0.3, -0.25) is 4.79 Å². The normalized spacial score (nSPS) is 57.0. The van der Waals surface area contributed by atoms with E-state index in [0.29, 0.717) is 18.8 Å². The second-order valence-corrected chi connectivity index (χ2v) is 10.1. The number of rotatable bonds is 0. The number of carbonyl (C=O) groups excluding carboxylic acids is 1. The Morgan fingerprint density at radius 1 is 1.12 bits per heavy atom. The highest BCUT2D eigenvalue weighted by Crippen LogP contribution is 2.70. The van der Waals surface area contributed by atoms with Crippen LogP contribution in [-0.4, -0.2) is 32.6 Å². The molecule has 4 heteroatoms. The molecule has 0 radical (unpaired) electrons. The molecule has 0 aromatic rings. The average molecular weight is 353 g/mol. The zero-order chi connectivity index (χ0) is 17.5. The summed E-state index contributed by atoms with van der Waals surface area (Å²) in [7, 11) is 0. The Morgan fingerprint density at radius 2 is 1.83 bits per heavy atom. The summed E-state index contributed by atoms with van der Waals surface area (Å²) >= 11 is 7.33. The molecule has 3 saturated carbocycles. The molecule has 0 spiro atoms. The van der Waals surface area contributed by atoms with E-state index in [0.717, 1.165) is 37.7 Å². The topological polar surface area (TPSA) is 57.5 Å². The Kier molecular flexibility index (Phi) is 3.46. The van der Waals surface area contributed by atoms with Crippen molar-refractivity contribution in [1.82, 2.24) is 0 Å². The van der Waals surface area contributed by atoms with Gasteiger partial charge in [-0.1, -0.05) is 19.4 Å². The largest absolute Gasteiger partial charge is 0.391 e. The van der Waals surface area contributed by atoms with Crippen molar-refractivity contribution in [2.75, 3.05) is 0 Å². The van der Waals surface area contributed by atoms with Gasteiger partial charge in [-0.05, 0) is 63.4 Å². The monoisotopic (exact) mass is 352 g/mol. The van der Waals surface area contributed by atoms with Crippen molar-refractivity contribution >= 4 is 17.4 Å². The molecule has 0 aromatic carbocycles. The molecule has 4 aliphatic carbocycles. The Morgan fingerprint density at radius 3 is 2.54 bits per heavy atom. The van der Waals surface area contributed by atoms with E-state index >= 15 is 0 Å². The van der Waals surface area contributed by atoms with Crippen molar-refractivity contribution in [3.05, 3.63) is 11.6 Å². The Hall–Kier alpha value is -0.380. The summed E-state index contributed by atoms with van der Waals surface area (Å²) in [6.07, 6.45) is 6.50. The van der Waals surface area contributed by atoms with Crippen molar-refractivity contribution in [1.29, 1.82) is 0 Å². The summed E-state index contributed by atoms with van der Waals surface area (Å²) in [5.74, 6) is 0.724. The number of ketones is 1. The van der Waals surface area contributed by atoms with E-state index in [1.807, 2.05) is 6.92 Å². The second kappa shape index (κ2) is 4.86. The third-order valence-electron chi connectivity index (χ3n) is 8.60. The zero-order valence-corrected chi connectivity index (χ0v) is 15.7. The summed E-state index contributed by atoms with van der Waals surface area (Å²) in [6, 6.07) is 0. The van der Waals surface area contributed by atoms with Crippen LogP contribution in [0.15, 0.2) is 11.6 Å². The number of hydrogen-bond acceptors (Lipinski definition) is 3. The minimum absolute atomic E-state index is 0.192. The van der Waals surface area contributed by atoms with E-state index in [4.69, 9.17) is 11.6 Å². The van der Waals surface area contributed by atoms with Gasteiger partial charge in [0.2, 0.25) is 0 Å². The lowest BCUT2D eigenvalue weighted by Gasteiger charge is -2.64. The minimum atomic E-state index is -0.740. The van der Waals surface area contributed by atoms with Crippen molar-refractivity contribution in [2.45, 2.75) is 82.3 Å². The lowest BCUT2D eigenvalue weighted by atomic mass is 9.45. The summed E-state index contributed by atoms with van der Waals surface area (Å²) in [6.45, 7) is 6.22. The fourth-order valence-electron chi connectivity index (χ4n) is 6.79.